The van der Waals surface area contributed by atoms with Gasteiger partial charge in [-0.15, -0.1) is 0 Å². The van der Waals surface area contributed by atoms with Crippen LogP contribution in [0.4, 0.5) is 0 Å². The molecule has 0 aliphatic heterocycles. The Kier molecular flexibility index (Phi) is 3.90. The summed E-state index contributed by atoms with van der Waals surface area (Å²) in [5.74, 6) is 0.917. The van der Waals surface area contributed by atoms with Crippen molar-refractivity contribution in [2.45, 2.75) is 12.6 Å². The molecule has 0 spiro atoms. The van der Waals surface area contributed by atoms with E-state index in [1.54, 1.807) is 12.5 Å². The molecule has 3 aromatic rings. The van der Waals surface area contributed by atoms with E-state index in [1.165, 1.54) is 5.56 Å². The number of furan rings is 1. The largest absolute Gasteiger partial charge is 0.467 e. The fourth-order valence-corrected chi connectivity index (χ4v) is 2.21. The normalized spacial score (nSPS) is 12.2. The zero-order valence-corrected chi connectivity index (χ0v) is 11.1. The quantitative estimate of drug-likeness (QED) is 0.765. The molecule has 0 aliphatic rings. The van der Waals surface area contributed by atoms with E-state index in [2.05, 4.69) is 28.5 Å². The topological polar surface area (TPSA) is 38.1 Å². The van der Waals surface area contributed by atoms with Crippen molar-refractivity contribution in [2.75, 3.05) is 0 Å². The van der Waals surface area contributed by atoms with Gasteiger partial charge in [0.15, 0.2) is 0 Å². The molecule has 0 bridgehead atoms. The van der Waals surface area contributed by atoms with Crippen molar-refractivity contribution in [3.05, 3.63) is 90.1 Å². The molecule has 3 heteroatoms. The maximum absolute atomic E-state index is 5.56. The SMILES string of the molecule is c1ccc(C(NCc2cccnc2)c2ccco2)cc1. The molecule has 0 radical (unpaired) electrons. The highest BCUT2D eigenvalue weighted by Crippen LogP contribution is 2.22. The molecule has 1 N–H and O–H groups in total. The molecule has 20 heavy (non-hydrogen) atoms. The fourth-order valence-electron chi connectivity index (χ4n) is 2.21. The molecule has 1 aromatic carbocycles. The predicted octanol–water partition coefficient (Wildman–Crippen LogP) is 3.55. The lowest BCUT2D eigenvalue weighted by molar-refractivity contribution is 0.445. The van der Waals surface area contributed by atoms with Crippen LogP contribution in [0.25, 0.3) is 0 Å². The van der Waals surface area contributed by atoms with Gasteiger partial charge >= 0.3 is 0 Å². The third-order valence-corrected chi connectivity index (χ3v) is 3.19. The third kappa shape index (κ3) is 2.95. The molecular formula is C17H16N2O. The van der Waals surface area contributed by atoms with Crippen molar-refractivity contribution in [1.82, 2.24) is 10.3 Å². The first-order valence-corrected chi connectivity index (χ1v) is 6.64. The van der Waals surface area contributed by atoms with E-state index in [0.717, 1.165) is 17.9 Å². The standard InChI is InChI=1S/C17H16N2O/c1-2-7-15(8-3-1)17(16-9-5-11-20-16)19-13-14-6-4-10-18-12-14/h1-12,17,19H,13H2. The van der Waals surface area contributed by atoms with Gasteiger partial charge in [-0.25, -0.2) is 0 Å². The molecule has 3 rings (SSSR count). The molecule has 1 atom stereocenters. The summed E-state index contributed by atoms with van der Waals surface area (Å²) in [7, 11) is 0. The Balaban J connectivity index is 1.80. The summed E-state index contributed by atoms with van der Waals surface area (Å²) in [5.41, 5.74) is 2.34. The fraction of sp³-hybridized carbons (Fsp3) is 0.118. The van der Waals surface area contributed by atoms with Crippen LogP contribution in [0, 0.1) is 0 Å². The molecule has 0 saturated carbocycles. The maximum atomic E-state index is 5.56. The Labute approximate surface area is 118 Å². The smallest absolute Gasteiger partial charge is 0.125 e. The van der Waals surface area contributed by atoms with Gasteiger partial charge in [-0.1, -0.05) is 36.4 Å². The summed E-state index contributed by atoms with van der Waals surface area (Å²) in [6.07, 6.45) is 5.36. The highest BCUT2D eigenvalue weighted by molar-refractivity contribution is 5.26. The molecule has 0 amide bonds. The Bertz CT molecular complexity index is 621. The Morgan fingerprint density at radius 3 is 2.60 bits per heavy atom. The minimum Gasteiger partial charge on any atom is -0.467 e. The third-order valence-electron chi connectivity index (χ3n) is 3.19. The van der Waals surface area contributed by atoms with Crippen LogP contribution >= 0.6 is 0 Å². The van der Waals surface area contributed by atoms with Gasteiger partial charge in [0.05, 0.1) is 12.3 Å². The Hall–Kier alpha value is -2.39. The van der Waals surface area contributed by atoms with E-state index in [-0.39, 0.29) is 6.04 Å². The van der Waals surface area contributed by atoms with Crippen molar-refractivity contribution in [3.63, 3.8) is 0 Å². The molecule has 2 aromatic heterocycles. The molecule has 2 heterocycles. The number of nitrogens with one attached hydrogen (secondary N) is 1. The maximum Gasteiger partial charge on any atom is 0.125 e. The molecule has 0 saturated heterocycles. The van der Waals surface area contributed by atoms with Gasteiger partial charge in [0.1, 0.15) is 5.76 Å². The van der Waals surface area contributed by atoms with Crippen molar-refractivity contribution in [1.29, 1.82) is 0 Å². The number of rotatable bonds is 5. The van der Waals surface area contributed by atoms with Crippen LogP contribution in [0.2, 0.25) is 0 Å². The molecular weight excluding hydrogens is 248 g/mol. The lowest BCUT2D eigenvalue weighted by atomic mass is 10.0. The minimum absolute atomic E-state index is 0.0476. The summed E-state index contributed by atoms with van der Waals surface area (Å²) >= 11 is 0. The number of hydrogen-bond acceptors (Lipinski definition) is 3. The Morgan fingerprint density at radius 1 is 1.00 bits per heavy atom. The Morgan fingerprint density at radius 2 is 1.90 bits per heavy atom. The number of pyridine rings is 1. The van der Waals surface area contributed by atoms with Gasteiger partial charge in [0, 0.05) is 18.9 Å². The first-order chi connectivity index (χ1) is 9.93. The molecule has 0 aliphatic carbocycles. The lowest BCUT2D eigenvalue weighted by Crippen LogP contribution is -2.21. The van der Waals surface area contributed by atoms with Gasteiger partial charge in [-0.2, -0.15) is 0 Å². The van der Waals surface area contributed by atoms with Crippen LogP contribution in [0.1, 0.15) is 22.9 Å². The average Bonchev–Trinajstić information content (AvgIpc) is 3.04. The van der Waals surface area contributed by atoms with Crippen LogP contribution in [0.3, 0.4) is 0 Å². The average molecular weight is 264 g/mol. The van der Waals surface area contributed by atoms with Crippen LogP contribution in [0.5, 0.6) is 0 Å². The van der Waals surface area contributed by atoms with Crippen LogP contribution < -0.4 is 5.32 Å². The minimum atomic E-state index is 0.0476. The number of aromatic nitrogens is 1. The molecule has 0 fully saturated rings. The van der Waals surface area contributed by atoms with E-state index < -0.39 is 0 Å². The van der Waals surface area contributed by atoms with Crippen molar-refractivity contribution in [3.8, 4) is 0 Å². The summed E-state index contributed by atoms with van der Waals surface area (Å²) in [6, 6.07) is 18.3. The summed E-state index contributed by atoms with van der Waals surface area (Å²) in [6.45, 7) is 0.744. The van der Waals surface area contributed by atoms with E-state index in [9.17, 15) is 0 Å². The molecule has 100 valence electrons. The second-order valence-electron chi connectivity index (χ2n) is 4.60. The first-order valence-electron chi connectivity index (χ1n) is 6.64. The highest BCUT2D eigenvalue weighted by Gasteiger charge is 2.15. The van der Waals surface area contributed by atoms with Crippen molar-refractivity contribution < 1.29 is 4.42 Å². The second kappa shape index (κ2) is 6.17. The number of benzene rings is 1. The summed E-state index contributed by atoms with van der Waals surface area (Å²) in [4.78, 5) is 4.13. The van der Waals surface area contributed by atoms with Crippen molar-refractivity contribution in [2.24, 2.45) is 0 Å². The van der Waals surface area contributed by atoms with E-state index in [0.29, 0.717) is 0 Å². The van der Waals surface area contributed by atoms with Crippen LogP contribution in [0.15, 0.2) is 77.7 Å². The van der Waals surface area contributed by atoms with Crippen LogP contribution in [-0.2, 0) is 6.54 Å². The first kappa shape index (κ1) is 12.6. The summed E-state index contributed by atoms with van der Waals surface area (Å²) in [5, 5.41) is 3.52. The predicted molar refractivity (Wildman–Crippen MR) is 78.1 cm³/mol. The highest BCUT2D eigenvalue weighted by atomic mass is 16.3. The van der Waals surface area contributed by atoms with Gasteiger partial charge in [-0.05, 0) is 29.3 Å². The zero-order chi connectivity index (χ0) is 13.6. The van der Waals surface area contributed by atoms with Gasteiger partial charge in [0.25, 0.3) is 0 Å². The lowest BCUT2D eigenvalue weighted by Gasteiger charge is -2.17. The van der Waals surface area contributed by atoms with E-state index in [4.69, 9.17) is 4.42 Å². The van der Waals surface area contributed by atoms with Gasteiger partial charge in [0.2, 0.25) is 0 Å². The van der Waals surface area contributed by atoms with Gasteiger partial charge < -0.3 is 4.42 Å². The van der Waals surface area contributed by atoms with E-state index >= 15 is 0 Å². The zero-order valence-electron chi connectivity index (χ0n) is 11.1. The molecule has 1 unspecified atom stereocenters. The van der Waals surface area contributed by atoms with Crippen LogP contribution in [-0.4, -0.2) is 4.98 Å². The number of hydrogen-bond donors (Lipinski definition) is 1. The summed E-state index contributed by atoms with van der Waals surface area (Å²) < 4.78 is 5.56. The molecule has 3 nitrogen and oxygen atoms in total. The van der Waals surface area contributed by atoms with Gasteiger partial charge in [-0.3, -0.25) is 10.3 Å². The second-order valence-corrected chi connectivity index (χ2v) is 4.60. The monoisotopic (exact) mass is 264 g/mol. The number of nitrogens with zero attached hydrogens (tertiary/aromatic N) is 1. The van der Waals surface area contributed by atoms with Crippen molar-refractivity contribution >= 4 is 0 Å². The van der Waals surface area contributed by atoms with E-state index in [1.807, 2.05) is 42.6 Å².